The highest BCUT2D eigenvalue weighted by atomic mass is 16.5. The van der Waals surface area contributed by atoms with Gasteiger partial charge in [0.25, 0.3) is 0 Å². The summed E-state index contributed by atoms with van der Waals surface area (Å²) < 4.78 is 5.23. The predicted octanol–water partition coefficient (Wildman–Crippen LogP) is 1.99. The normalized spacial score (nSPS) is 9.94. The number of aryl methyl sites for hydroxylation is 1. The number of hydrogen-bond acceptors (Lipinski definition) is 3. The Bertz CT molecular complexity index is 441. The van der Waals surface area contributed by atoms with Gasteiger partial charge >= 0.3 is 0 Å². The van der Waals surface area contributed by atoms with Gasteiger partial charge in [-0.15, -0.1) is 0 Å². The van der Waals surface area contributed by atoms with Crippen LogP contribution < -0.4 is 10.1 Å². The summed E-state index contributed by atoms with van der Waals surface area (Å²) in [5.74, 6) is 0.666. The number of ketones is 1. The number of hydrogen-bond donors (Lipinski definition) is 1. The number of benzene rings is 1. The molecule has 0 fully saturated rings. The number of methoxy groups -OCH3 is 1. The lowest BCUT2D eigenvalue weighted by Crippen LogP contribution is -2.23. The lowest BCUT2D eigenvalue weighted by Gasteiger charge is -2.10. The first-order valence-electron chi connectivity index (χ1n) is 5.92. The van der Waals surface area contributed by atoms with Gasteiger partial charge in [-0.25, -0.2) is 0 Å². The Morgan fingerprint density at radius 2 is 2.00 bits per heavy atom. The summed E-state index contributed by atoms with van der Waals surface area (Å²) in [6.45, 7) is 3.89. The number of carbonyl (C=O) groups excluding carboxylic acids is 2. The highest BCUT2D eigenvalue weighted by Crippen LogP contribution is 2.19. The minimum atomic E-state index is -0.117. The van der Waals surface area contributed by atoms with E-state index in [0.717, 1.165) is 16.9 Å². The molecule has 1 amide bonds. The van der Waals surface area contributed by atoms with E-state index in [1.165, 1.54) is 6.92 Å². The summed E-state index contributed by atoms with van der Waals surface area (Å²) >= 11 is 0. The Balaban J connectivity index is 2.54. The summed E-state index contributed by atoms with van der Waals surface area (Å²) in [7, 11) is 1.60. The van der Waals surface area contributed by atoms with Gasteiger partial charge in [0, 0.05) is 24.9 Å². The molecule has 1 aromatic carbocycles. The standard InChI is InChI=1S/C14H19NO3/c1-10-4-6-13(18-3)12(8-10)9-15-14(17)7-5-11(2)16/h4,6,8H,5,7,9H2,1-3H3,(H,15,17). The van der Waals surface area contributed by atoms with E-state index in [4.69, 9.17) is 4.74 Å². The minimum absolute atomic E-state index is 0.0262. The topological polar surface area (TPSA) is 55.4 Å². The van der Waals surface area contributed by atoms with Crippen LogP contribution in [0.15, 0.2) is 18.2 Å². The van der Waals surface area contributed by atoms with Crippen LogP contribution in [0.1, 0.15) is 30.9 Å². The number of Topliss-reactive ketones (excluding diaryl/α,β-unsaturated/α-hetero) is 1. The monoisotopic (exact) mass is 249 g/mol. The summed E-state index contributed by atoms with van der Waals surface area (Å²) in [6, 6.07) is 5.82. The average molecular weight is 249 g/mol. The van der Waals surface area contributed by atoms with E-state index >= 15 is 0 Å². The minimum Gasteiger partial charge on any atom is -0.496 e. The molecule has 0 radical (unpaired) electrons. The van der Waals surface area contributed by atoms with Crippen LogP contribution in [0.3, 0.4) is 0 Å². The second kappa shape index (κ2) is 6.79. The van der Waals surface area contributed by atoms with Gasteiger partial charge in [0.2, 0.25) is 5.91 Å². The number of nitrogens with one attached hydrogen (secondary N) is 1. The van der Waals surface area contributed by atoms with E-state index in [2.05, 4.69) is 5.32 Å². The fraction of sp³-hybridized carbons (Fsp3) is 0.429. The van der Waals surface area contributed by atoms with Crippen molar-refractivity contribution in [2.24, 2.45) is 0 Å². The molecular formula is C14H19NO3. The van der Waals surface area contributed by atoms with E-state index in [1.54, 1.807) is 7.11 Å². The van der Waals surface area contributed by atoms with Gasteiger partial charge in [0.05, 0.1) is 7.11 Å². The zero-order valence-electron chi connectivity index (χ0n) is 11.1. The van der Waals surface area contributed by atoms with Crippen LogP contribution in [0, 0.1) is 6.92 Å². The van der Waals surface area contributed by atoms with Crippen LogP contribution in [0.25, 0.3) is 0 Å². The van der Waals surface area contributed by atoms with Crippen LogP contribution in [0.2, 0.25) is 0 Å². The number of ether oxygens (including phenoxy) is 1. The second-order valence-corrected chi connectivity index (χ2v) is 4.29. The van der Waals surface area contributed by atoms with Gasteiger partial charge in [-0.1, -0.05) is 17.7 Å². The van der Waals surface area contributed by atoms with Crippen molar-refractivity contribution in [1.29, 1.82) is 0 Å². The van der Waals surface area contributed by atoms with Crippen LogP contribution in [0.5, 0.6) is 5.75 Å². The molecule has 0 unspecified atom stereocenters. The lowest BCUT2D eigenvalue weighted by molar-refractivity contribution is -0.124. The Hall–Kier alpha value is -1.84. The molecule has 4 nitrogen and oxygen atoms in total. The Kier molecular flexibility index (Phi) is 5.36. The predicted molar refractivity (Wildman–Crippen MR) is 69.5 cm³/mol. The van der Waals surface area contributed by atoms with Gasteiger partial charge in [-0.2, -0.15) is 0 Å². The van der Waals surface area contributed by atoms with E-state index < -0.39 is 0 Å². The largest absolute Gasteiger partial charge is 0.496 e. The van der Waals surface area contributed by atoms with Gasteiger partial charge in [-0.05, 0) is 19.9 Å². The van der Waals surface area contributed by atoms with Crippen molar-refractivity contribution in [3.63, 3.8) is 0 Å². The fourth-order valence-electron chi connectivity index (χ4n) is 1.62. The molecule has 18 heavy (non-hydrogen) atoms. The molecular weight excluding hydrogens is 230 g/mol. The summed E-state index contributed by atoms with van der Waals surface area (Å²) in [5, 5.41) is 2.79. The van der Waals surface area contributed by atoms with Crippen molar-refractivity contribution in [2.45, 2.75) is 33.2 Å². The third-order valence-corrected chi connectivity index (χ3v) is 2.62. The van der Waals surface area contributed by atoms with Crippen LogP contribution >= 0.6 is 0 Å². The Labute approximate surface area is 107 Å². The maximum Gasteiger partial charge on any atom is 0.220 e. The fourth-order valence-corrected chi connectivity index (χ4v) is 1.62. The third kappa shape index (κ3) is 4.57. The van der Waals surface area contributed by atoms with Gasteiger partial charge in [-0.3, -0.25) is 4.79 Å². The maximum atomic E-state index is 11.5. The zero-order chi connectivity index (χ0) is 13.5. The molecule has 0 spiro atoms. The third-order valence-electron chi connectivity index (χ3n) is 2.62. The number of carbonyl (C=O) groups is 2. The molecule has 0 saturated carbocycles. The van der Waals surface area contributed by atoms with Crippen molar-refractivity contribution in [1.82, 2.24) is 5.32 Å². The first-order chi connectivity index (χ1) is 8.52. The number of rotatable bonds is 6. The zero-order valence-corrected chi connectivity index (χ0v) is 11.1. The second-order valence-electron chi connectivity index (χ2n) is 4.29. The summed E-state index contributed by atoms with van der Waals surface area (Å²) in [4.78, 5) is 22.3. The Morgan fingerprint density at radius 1 is 1.28 bits per heavy atom. The molecule has 0 aliphatic carbocycles. The first-order valence-corrected chi connectivity index (χ1v) is 5.92. The van der Waals surface area contributed by atoms with Crippen LogP contribution in [-0.4, -0.2) is 18.8 Å². The molecule has 0 aliphatic heterocycles. The summed E-state index contributed by atoms with van der Waals surface area (Å²) in [5.41, 5.74) is 2.05. The molecule has 1 aromatic rings. The highest BCUT2D eigenvalue weighted by molar-refractivity contribution is 5.83. The van der Waals surface area contributed by atoms with Crippen molar-refractivity contribution in [2.75, 3.05) is 7.11 Å². The molecule has 4 heteroatoms. The first kappa shape index (κ1) is 14.2. The van der Waals surface area contributed by atoms with E-state index in [0.29, 0.717) is 6.54 Å². The molecule has 1 rings (SSSR count). The lowest BCUT2D eigenvalue weighted by atomic mass is 10.1. The van der Waals surface area contributed by atoms with Gasteiger partial charge < -0.3 is 14.8 Å². The van der Waals surface area contributed by atoms with Crippen molar-refractivity contribution < 1.29 is 14.3 Å². The molecule has 0 saturated heterocycles. The van der Waals surface area contributed by atoms with Gasteiger partial charge in [0.15, 0.2) is 0 Å². The molecule has 0 atom stereocenters. The summed E-state index contributed by atoms with van der Waals surface area (Å²) in [6.07, 6.45) is 0.528. The molecule has 0 bridgehead atoms. The molecule has 1 N–H and O–H groups in total. The van der Waals surface area contributed by atoms with E-state index in [9.17, 15) is 9.59 Å². The van der Waals surface area contributed by atoms with Crippen molar-refractivity contribution in [3.05, 3.63) is 29.3 Å². The van der Waals surface area contributed by atoms with Crippen molar-refractivity contribution in [3.8, 4) is 5.75 Å². The molecule has 0 aliphatic rings. The van der Waals surface area contributed by atoms with Gasteiger partial charge in [0.1, 0.15) is 11.5 Å². The van der Waals surface area contributed by atoms with Crippen molar-refractivity contribution >= 4 is 11.7 Å². The van der Waals surface area contributed by atoms with Crippen LogP contribution in [0.4, 0.5) is 0 Å². The quantitative estimate of drug-likeness (QED) is 0.838. The smallest absolute Gasteiger partial charge is 0.220 e. The molecule has 98 valence electrons. The molecule has 0 heterocycles. The van der Waals surface area contributed by atoms with E-state index in [1.807, 2.05) is 25.1 Å². The van der Waals surface area contributed by atoms with Crippen LogP contribution in [-0.2, 0) is 16.1 Å². The SMILES string of the molecule is COc1ccc(C)cc1CNC(=O)CCC(C)=O. The maximum absolute atomic E-state index is 11.5. The Morgan fingerprint density at radius 3 is 2.61 bits per heavy atom. The average Bonchev–Trinajstić information content (AvgIpc) is 2.34. The number of amides is 1. The molecule has 0 aromatic heterocycles. The van der Waals surface area contributed by atoms with E-state index in [-0.39, 0.29) is 24.5 Å². The highest BCUT2D eigenvalue weighted by Gasteiger charge is 2.06.